The van der Waals surface area contributed by atoms with E-state index < -0.39 is 12.0 Å². The van der Waals surface area contributed by atoms with Crippen molar-refractivity contribution < 1.29 is 9.59 Å². The number of nitrogens with zero attached hydrogens (tertiary/aromatic N) is 1. The molecule has 4 atom stereocenters. The molecule has 1 aliphatic carbocycles. The first-order valence-corrected chi connectivity index (χ1v) is 13.1. The third-order valence-corrected chi connectivity index (χ3v) is 7.95. The van der Waals surface area contributed by atoms with Gasteiger partial charge in [-0.25, -0.2) is 0 Å². The molecule has 2 amide bonds. The molecule has 2 aliphatic rings. The van der Waals surface area contributed by atoms with Gasteiger partial charge in [0.2, 0.25) is 5.91 Å². The Morgan fingerprint density at radius 3 is 2.42 bits per heavy atom. The Morgan fingerprint density at radius 2 is 1.67 bits per heavy atom. The lowest BCUT2D eigenvalue weighted by atomic mass is 9.76. The lowest BCUT2D eigenvalue weighted by molar-refractivity contribution is -0.124. The molecule has 1 heterocycles. The van der Waals surface area contributed by atoms with Gasteiger partial charge < -0.3 is 16.0 Å². The number of rotatable bonds is 5. The van der Waals surface area contributed by atoms with Crippen molar-refractivity contribution in [1.29, 1.82) is 0 Å². The quantitative estimate of drug-likeness (QED) is 0.441. The first-order valence-electron chi connectivity index (χ1n) is 12.4. The summed E-state index contributed by atoms with van der Waals surface area (Å²) in [6.45, 7) is 0.385. The van der Waals surface area contributed by atoms with Crippen LogP contribution in [0.4, 0.5) is 0 Å². The van der Waals surface area contributed by atoms with Crippen molar-refractivity contribution >= 4 is 35.0 Å². The summed E-state index contributed by atoms with van der Waals surface area (Å²) in [7, 11) is 0. The van der Waals surface area contributed by atoms with E-state index in [0.29, 0.717) is 33.3 Å². The minimum absolute atomic E-state index is 0.115. The second kappa shape index (κ2) is 10.6. The van der Waals surface area contributed by atoms with E-state index in [1.54, 1.807) is 18.2 Å². The van der Waals surface area contributed by atoms with Crippen LogP contribution in [0.5, 0.6) is 0 Å². The number of amides is 2. The van der Waals surface area contributed by atoms with Gasteiger partial charge in [0.25, 0.3) is 5.91 Å². The van der Waals surface area contributed by atoms with Crippen LogP contribution in [0.2, 0.25) is 10.0 Å². The number of nitrogens with one attached hydrogen (secondary N) is 1. The average molecular weight is 522 g/mol. The van der Waals surface area contributed by atoms with Gasteiger partial charge in [0, 0.05) is 34.2 Å². The molecule has 5 nitrogen and oxygen atoms in total. The molecule has 0 unspecified atom stereocenters. The van der Waals surface area contributed by atoms with E-state index in [1.807, 2.05) is 59.5 Å². The van der Waals surface area contributed by atoms with Crippen molar-refractivity contribution in [3.63, 3.8) is 0 Å². The molecule has 3 aromatic carbocycles. The molecule has 1 saturated carbocycles. The number of fused-ring (bicyclic) bond motifs is 1. The fourth-order valence-corrected chi connectivity index (χ4v) is 6.17. The molecule has 0 saturated heterocycles. The SMILES string of the molecule is N[C@H]1CCCC[C@@H]1N1C(=O)c2ccccc2[C@@H](C(=O)NCc2ccccc2)[C@@H]1c1ccc(Cl)cc1Cl. The zero-order chi connectivity index (χ0) is 25.2. The minimum atomic E-state index is -0.657. The van der Waals surface area contributed by atoms with Crippen molar-refractivity contribution in [3.05, 3.63) is 105 Å². The fourth-order valence-electron chi connectivity index (χ4n) is 5.65. The number of benzene rings is 3. The maximum atomic E-state index is 14.0. The highest BCUT2D eigenvalue weighted by atomic mass is 35.5. The predicted molar refractivity (Wildman–Crippen MR) is 143 cm³/mol. The van der Waals surface area contributed by atoms with Gasteiger partial charge in [0.1, 0.15) is 0 Å². The monoisotopic (exact) mass is 521 g/mol. The van der Waals surface area contributed by atoms with Crippen molar-refractivity contribution in [2.75, 3.05) is 0 Å². The number of halogens is 2. The summed E-state index contributed by atoms with van der Waals surface area (Å²) >= 11 is 13.0. The molecule has 5 rings (SSSR count). The Bertz CT molecular complexity index is 1270. The largest absolute Gasteiger partial charge is 0.351 e. The van der Waals surface area contributed by atoms with Gasteiger partial charge in [-0.15, -0.1) is 0 Å². The summed E-state index contributed by atoms with van der Waals surface area (Å²) in [6.07, 6.45) is 3.64. The van der Waals surface area contributed by atoms with Crippen molar-refractivity contribution in [2.24, 2.45) is 5.73 Å². The summed E-state index contributed by atoms with van der Waals surface area (Å²) in [5, 5.41) is 4.04. The van der Waals surface area contributed by atoms with Gasteiger partial charge in [0.05, 0.1) is 12.0 Å². The smallest absolute Gasteiger partial charge is 0.255 e. The summed E-state index contributed by atoms with van der Waals surface area (Å²) < 4.78 is 0. The normalized spacial score (nSPS) is 23.8. The van der Waals surface area contributed by atoms with E-state index in [0.717, 1.165) is 31.2 Å². The molecule has 0 radical (unpaired) electrons. The van der Waals surface area contributed by atoms with Crippen LogP contribution in [0.3, 0.4) is 0 Å². The van der Waals surface area contributed by atoms with Crippen molar-refractivity contribution in [1.82, 2.24) is 10.2 Å². The Kier molecular flexibility index (Phi) is 7.33. The molecule has 1 aliphatic heterocycles. The predicted octanol–water partition coefficient (Wildman–Crippen LogP) is 5.86. The Hall–Kier alpha value is -2.86. The molecule has 36 heavy (non-hydrogen) atoms. The third kappa shape index (κ3) is 4.75. The molecule has 7 heteroatoms. The minimum Gasteiger partial charge on any atom is -0.351 e. The van der Waals surface area contributed by atoms with Gasteiger partial charge >= 0.3 is 0 Å². The summed E-state index contributed by atoms with van der Waals surface area (Å²) in [5.74, 6) is -0.935. The highest BCUT2D eigenvalue weighted by molar-refractivity contribution is 6.35. The zero-order valence-electron chi connectivity index (χ0n) is 19.9. The number of carbonyl (C=O) groups is 2. The van der Waals surface area contributed by atoms with E-state index in [4.69, 9.17) is 28.9 Å². The summed E-state index contributed by atoms with van der Waals surface area (Å²) in [5.41, 5.74) is 9.53. The van der Waals surface area contributed by atoms with E-state index in [9.17, 15) is 9.59 Å². The van der Waals surface area contributed by atoms with E-state index in [2.05, 4.69) is 5.32 Å². The first kappa shape index (κ1) is 24.8. The maximum Gasteiger partial charge on any atom is 0.255 e. The number of hydrogen-bond donors (Lipinski definition) is 2. The van der Waals surface area contributed by atoms with E-state index >= 15 is 0 Å². The highest BCUT2D eigenvalue weighted by Gasteiger charge is 2.48. The van der Waals surface area contributed by atoms with Gasteiger partial charge in [0.15, 0.2) is 0 Å². The van der Waals surface area contributed by atoms with Gasteiger partial charge in [-0.3, -0.25) is 9.59 Å². The second-order valence-corrected chi connectivity index (χ2v) is 10.5. The van der Waals surface area contributed by atoms with E-state index in [1.165, 1.54) is 0 Å². The first-order chi connectivity index (χ1) is 17.5. The molecule has 3 aromatic rings. The molecule has 1 fully saturated rings. The number of carbonyl (C=O) groups excluding carboxylic acids is 2. The van der Waals surface area contributed by atoms with Gasteiger partial charge in [-0.1, -0.05) is 90.6 Å². The average Bonchev–Trinajstić information content (AvgIpc) is 2.89. The van der Waals surface area contributed by atoms with Crippen molar-refractivity contribution in [2.45, 2.75) is 56.3 Å². The molecular formula is C29H29Cl2N3O2. The third-order valence-electron chi connectivity index (χ3n) is 7.39. The molecule has 186 valence electrons. The van der Waals surface area contributed by atoms with Gasteiger partial charge in [-0.2, -0.15) is 0 Å². The van der Waals surface area contributed by atoms with Gasteiger partial charge in [-0.05, 0) is 47.7 Å². The van der Waals surface area contributed by atoms with Crippen molar-refractivity contribution in [3.8, 4) is 0 Å². The molecule has 0 spiro atoms. The molecule has 0 aromatic heterocycles. The summed E-state index contributed by atoms with van der Waals surface area (Å²) in [6, 6.07) is 21.4. The Balaban J connectivity index is 1.63. The van der Waals surface area contributed by atoms with E-state index in [-0.39, 0.29) is 23.9 Å². The lowest BCUT2D eigenvalue weighted by Crippen LogP contribution is -2.57. The van der Waals surface area contributed by atoms with Crippen LogP contribution in [-0.2, 0) is 11.3 Å². The van der Waals surface area contributed by atoms with Crippen LogP contribution in [0, 0.1) is 0 Å². The number of hydrogen-bond acceptors (Lipinski definition) is 3. The summed E-state index contributed by atoms with van der Waals surface area (Å²) in [4.78, 5) is 29.8. The fraction of sp³-hybridized carbons (Fsp3) is 0.310. The lowest BCUT2D eigenvalue weighted by Gasteiger charge is -2.48. The standard InChI is InChI=1S/C29H29Cl2N3O2/c30-19-14-15-22(23(31)16-19)27-26(28(35)33-17-18-8-2-1-3-9-18)20-10-4-5-11-21(20)29(36)34(27)25-13-7-6-12-24(25)32/h1-5,8-11,14-16,24-27H,6-7,12-13,17,32H2,(H,33,35)/t24-,25-,26+,27-/m0/s1. The Labute approximate surface area is 221 Å². The second-order valence-electron chi connectivity index (χ2n) is 9.61. The topological polar surface area (TPSA) is 75.4 Å². The Morgan fingerprint density at radius 1 is 0.944 bits per heavy atom. The molecule has 0 bridgehead atoms. The molecular weight excluding hydrogens is 493 g/mol. The molecule has 3 N–H and O–H groups in total. The van der Waals surface area contributed by atoms with Crippen LogP contribution in [0.15, 0.2) is 72.8 Å². The van der Waals surface area contributed by atoms with Crippen LogP contribution >= 0.6 is 23.2 Å². The van der Waals surface area contributed by atoms with Crippen LogP contribution in [0.1, 0.15) is 64.7 Å². The van der Waals surface area contributed by atoms with Crippen LogP contribution in [-0.4, -0.2) is 28.8 Å². The maximum absolute atomic E-state index is 14.0. The number of nitrogens with two attached hydrogens (primary N) is 1. The van der Waals surface area contributed by atoms with Crippen LogP contribution < -0.4 is 11.1 Å². The van der Waals surface area contributed by atoms with Crippen LogP contribution in [0.25, 0.3) is 0 Å². The highest BCUT2D eigenvalue weighted by Crippen LogP contribution is 2.47. The zero-order valence-corrected chi connectivity index (χ0v) is 21.4.